The molecule has 1 aliphatic rings. The highest BCUT2D eigenvalue weighted by Crippen LogP contribution is 2.28. The second-order valence-electron chi connectivity index (χ2n) is 5.24. The van der Waals surface area contributed by atoms with Gasteiger partial charge in [-0.05, 0) is 30.6 Å². The van der Waals surface area contributed by atoms with Gasteiger partial charge in [0.1, 0.15) is 0 Å². The lowest BCUT2D eigenvalue weighted by Crippen LogP contribution is -2.41. The first kappa shape index (κ1) is 14.0. The predicted molar refractivity (Wildman–Crippen MR) is 82.2 cm³/mol. The molecule has 0 spiro atoms. The minimum absolute atomic E-state index is 0.530. The molecule has 0 aliphatic carbocycles. The molecule has 2 rings (SSSR count). The topological polar surface area (TPSA) is 12.0 Å². The monoisotopic (exact) mass is 263 g/mol. The molecule has 1 aromatic rings. The molecule has 1 fully saturated rings. The number of benzene rings is 1. The molecule has 0 aromatic heterocycles. The van der Waals surface area contributed by atoms with Crippen molar-refractivity contribution >= 4 is 11.8 Å². The minimum Gasteiger partial charge on any atom is -0.306 e. The Morgan fingerprint density at radius 2 is 2.11 bits per heavy atom. The molecule has 1 N–H and O–H groups in total. The lowest BCUT2D eigenvalue weighted by Gasteiger charge is -2.33. The van der Waals surface area contributed by atoms with E-state index in [9.17, 15) is 0 Å². The fourth-order valence-corrected chi connectivity index (χ4v) is 3.87. The van der Waals surface area contributed by atoms with E-state index in [-0.39, 0.29) is 0 Å². The molecule has 0 radical (unpaired) electrons. The Hall–Kier alpha value is -0.470. The molecular weight excluding hydrogens is 238 g/mol. The molecule has 1 saturated heterocycles. The summed E-state index contributed by atoms with van der Waals surface area (Å²) in [5, 5.41) is 4.65. The van der Waals surface area contributed by atoms with Gasteiger partial charge in [0.15, 0.2) is 0 Å². The van der Waals surface area contributed by atoms with Crippen LogP contribution in [0, 0.1) is 0 Å². The molecule has 1 heterocycles. The quantitative estimate of drug-likeness (QED) is 0.845. The van der Waals surface area contributed by atoms with Gasteiger partial charge in [-0.3, -0.25) is 0 Å². The molecule has 0 bridgehead atoms. The van der Waals surface area contributed by atoms with Gasteiger partial charge in [-0.25, -0.2) is 0 Å². The Balaban J connectivity index is 2.01. The van der Waals surface area contributed by atoms with Crippen LogP contribution >= 0.6 is 11.8 Å². The zero-order valence-electron chi connectivity index (χ0n) is 11.6. The van der Waals surface area contributed by atoms with E-state index in [0.717, 1.165) is 5.25 Å². The number of nitrogens with one attached hydrogen (secondary N) is 1. The summed E-state index contributed by atoms with van der Waals surface area (Å²) in [4.78, 5) is 0. The Bertz CT molecular complexity index is 338. The van der Waals surface area contributed by atoms with Gasteiger partial charge >= 0.3 is 0 Å². The van der Waals surface area contributed by atoms with Crippen molar-refractivity contribution in [2.45, 2.75) is 56.9 Å². The SMILES string of the molecule is CCCC(NC1CCCSC1C)c1ccccc1. The summed E-state index contributed by atoms with van der Waals surface area (Å²) in [5.41, 5.74) is 1.45. The van der Waals surface area contributed by atoms with Crippen molar-refractivity contribution in [3.8, 4) is 0 Å². The molecule has 1 aromatic carbocycles. The average Bonchev–Trinajstić information content (AvgIpc) is 2.42. The van der Waals surface area contributed by atoms with Crippen molar-refractivity contribution in [2.75, 3.05) is 5.75 Å². The van der Waals surface area contributed by atoms with Crippen molar-refractivity contribution in [1.82, 2.24) is 5.32 Å². The third-order valence-electron chi connectivity index (χ3n) is 3.80. The normalized spacial score (nSPS) is 25.9. The maximum atomic E-state index is 3.90. The summed E-state index contributed by atoms with van der Waals surface area (Å²) < 4.78 is 0. The van der Waals surface area contributed by atoms with Crippen molar-refractivity contribution in [3.05, 3.63) is 35.9 Å². The van der Waals surface area contributed by atoms with Gasteiger partial charge in [0.25, 0.3) is 0 Å². The van der Waals surface area contributed by atoms with Crippen LogP contribution in [0.5, 0.6) is 0 Å². The highest BCUT2D eigenvalue weighted by Gasteiger charge is 2.24. The molecule has 3 unspecified atom stereocenters. The molecule has 1 aliphatic heterocycles. The molecule has 1 nitrogen and oxygen atoms in total. The molecule has 0 saturated carbocycles. The predicted octanol–water partition coefficient (Wildman–Crippen LogP) is 4.40. The molecule has 0 amide bonds. The first-order valence-electron chi connectivity index (χ1n) is 7.24. The van der Waals surface area contributed by atoms with Crippen molar-refractivity contribution in [3.63, 3.8) is 0 Å². The maximum absolute atomic E-state index is 3.90. The highest BCUT2D eigenvalue weighted by atomic mass is 32.2. The summed E-state index contributed by atoms with van der Waals surface area (Å²) >= 11 is 2.12. The van der Waals surface area contributed by atoms with Crippen LogP contribution < -0.4 is 5.32 Å². The van der Waals surface area contributed by atoms with E-state index < -0.39 is 0 Å². The van der Waals surface area contributed by atoms with Crippen molar-refractivity contribution in [1.29, 1.82) is 0 Å². The van der Waals surface area contributed by atoms with Crippen LogP contribution in [0.15, 0.2) is 30.3 Å². The molecule has 2 heteroatoms. The second kappa shape index (κ2) is 7.20. The van der Waals surface area contributed by atoms with Gasteiger partial charge in [-0.2, -0.15) is 11.8 Å². The van der Waals surface area contributed by atoms with Crippen molar-refractivity contribution < 1.29 is 0 Å². The number of hydrogen-bond acceptors (Lipinski definition) is 2. The number of hydrogen-bond donors (Lipinski definition) is 1. The van der Waals surface area contributed by atoms with Gasteiger partial charge in [-0.1, -0.05) is 50.6 Å². The molecular formula is C16H25NS. The maximum Gasteiger partial charge on any atom is 0.0323 e. The van der Waals surface area contributed by atoms with Crippen molar-refractivity contribution in [2.24, 2.45) is 0 Å². The fraction of sp³-hybridized carbons (Fsp3) is 0.625. The van der Waals surface area contributed by atoms with Crippen LogP contribution in [-0.4, -0.2) is 17.0 Å². The Morgan fingerprint density at radius 3 is 2.78 bits per heavy atom. The summed E-state index contributed by atoms with van der Waals surface area (Å²) in [6.45, 7) is 4.65. The van der Waals surface area contributed by atoms with Gasteiger partial charge in [0, 0.05) is 17.3 Å². The standard InChI is InChI=1S/C16H25NS/c1-3-8-16(14-9-5-4-6-10-14)17-15-11-7-12-18-13(15)2/h4-6,9-10,13,15-17H,3,7-8,11-12H2,1-2H3. The number of thioether (sulfide) groups is 1. The van der Waals surface area contributed by atoms with Crippen LogP contribution in [0.1, 0.15) is 51.1 Å². The summed E-state index contributed by atoms with van der Waals surface area (Å²) in [7, 11) is 0. The van der Waals surface area contributed by atoms with E-state index >= 15 is 0 Å². The Labute approximate surface area is 116 Å². The van der Waals surface area contributed by atoms with Gasteiger partial charge < -0.3 is 5.32 Å². The van der Waals surface area contributed by atoms with E-state index in [1.54, 1.807) is 0 Å². The summed E-state index contributed by atoms with van der Waals surface area (Å²) in [6.07, 6.45) is 5.17. The van der Waals surface area contributed by atoms with Gasteiger partial charge in [0.2, 0.25) is 0 Å². The summed E-state index contributed by atoms with van der Waals surface area (Å²) in [6, 6.07) is 12.1. The van der Waals surface area contributed by atoms with E-state index in [1.165, 1.54) is 37.0 Å². The number of rotatable bonds is 5. The van der Waals surface area contributed by atoms with Crippen LogP contribution in [0.4, 0.5) is 0 Å². The van der Waals surface area contributed by atoms with E-state index in [0.29, 0.717) is 12.1 Å². The fourth-order valence-electron chi connectivity index (χ4n) is 2.72. The van der Waals surface area contributed by atoms with Gasteiger partial charge in [-0.15, -0.1) is 0 Å². The van der Waals surface area contributed by atoms with Gasteiger partial charge in [0.05, 0.1) is 0 Å². The smallest absolute Gasteiger partial charge is 0.0323 e. The van der Waals surface area contributed by atoms with E-state index in [1.807, 2.05) is 0 Å². The summed E-state index contributed by atoms with van der Waals surface area (Å²) in [5.74, 6) is 1.34. The average molecular weight is 263 g/mol. The first-order chi connectivity index (χ1) is 8.81. The zero-order valence-corrected chi connectivity index (χ0v) is 12.4. The van der Waals surface area contributed by atoms with Crippen LogP contribution in [0.3, 0.4) is 0 Å². The largest absolute Gasteiger partial charge is 0.306 e. The molecule has 18 heavy (non-hydrogen) atoms. The third-order valence-corrected chi connectivity index (χ3v) is 5.18. The molecule has 3 atom stereocenters. The lowest BCUT2D eigenvalue weighted by atomic mass is 9.99. The van der Waals surface area contributed by atoms with E-state index in [2.05, 4.69) is 61.3 Å². The van der Waals surface area contributed by atoms with Crippen LogP contribution in [0.2, 0.25) is 0 Å². The minimum atomic E-state index is 0.530. The van der Waals surface area contributed by atoms with E-state index in [4.69, 9.17) is 0 Å². The van der Waals surface area contributed by atoms with Crippen LogP contribution in [-0.2, 0) is 0 Å². The highest BCUT2D eigenvalue weighted by molar-refractivity contribution is 7.99. The molecule has 100 valence electrons. The first-order valence-corrected chi connectivity index (χ1v) is 8.28. The Morgan fingerprint density at radius 1 is 1.33 bits per heavy atom. The second-order valence-corrected chi connectivity index (χ2v) is 6.73. The third kappa shape index (κ3) is 3.76. The van der Waals surface area contributed by atoms with Crippen LogP contribution in [0.25, 0.3) is 0 Å². The zero-order chi connectivity index (χ0) is 12.8. The Kier molecular flexibility index (Phi) is 5.58. The lowest BCUT2D eigenvalue weighted by molar-refractivity contribution is 0.385.